The smallest absolute Gasteiger partial charge is 0.321 e. The molecule has 0 radical (unpaired) electrons. The second-order valence-electron chi connectivity index (χ2n) is 4.31. The van der Waals surface area contributed by atoms with Gasteiger partial charge >= 0.3 is 5.97 Å². The van der Waals surface area contributed by atoms with Crippen molar-refractivity contribution in [3.63, 3.8) is 0 Å². The maximum Gasteiger partial charge on any atom is 0.321 e. The Morgan fingerprint density at radius 1 is 1.56 bits per heavy atom. The molecular weight excluding hydrogens is 292 g/mol. The summed E-state index contributed by atoms with van der Waals surface area (Å²) in [6, 6.07) is -1.31. The van der Waals surface area contributed by atoms with Crippen LogP contribution in [-0.2, 0) is 14.8 Å². The zero-order valence-electron chi connectivity index (χ0n) is 9.73. The molecule has 5 nitrogen and oxygen atoms in total. The summed E-state index contributed by atoms with van der Waals surface area (Å²) in [5.74, 6) is -6.26. The lowest BCUT2D eigenvalue weighted by atomic mass is 10.1. The van der Waals surface area contributed by atoms with E-state index in [2.05, 4.69) is 0 Å². The minimum atomic E-state index is -3.99. The van der Waals surface area contributed by atoms with Crippen molar-refractivity contribution in [1.82, 2.24) is 4.72 Å². The van der Waals surface area contributed by atoms with Gasteiger partial charge < -0.3 is 5.11 Å². The van der Waals surface area contributed by atoms with Crippen molar-refractivity contribution in [2.24, 2.45) is 5.92 Å². The van der Waals surface area contributed by atoms with Crippen LogP contribution in [0.3, 0.4) is 0 Å². The van der Waals surface area contributed by atoms with Crippen LogP contribution in [0.5, 0.6) is 0 Å². The van der Waals surface area contributed by atoms with E-state index in [1.807, 2.05) is 4.72 Å². The van der Waals surface area contributed by atoms with Gasteiger partial charge in [0, 0.05) is 12.3 Å². The Bertz CT molecular complexity index is 401. The molecule has 0 spiro atoms. The summed E-state index contributed by atoms with van der Waals surface area (Å²) in [6.45, 7) is 1.15. The Hall–Kier alpha value is -0.470. The number of carboxylic acid groups (broad SMARTS) is 1. The Morgan fingerprint density at radius 3 is 2.50 bits per heavy atom. The number of hydrogen-bond acceptors (Lipinski definition) is 3. The van der Waals surface area contributed by atoms with E-state index in [-0.39, 0.29) is 25.2 Å². The molecule has 0 aliphatic heterocycles. The van der Waals surface area contributed by atoms with Crippen LogP contribution in [0.4, 0.5) is 8.78 Å². The highest BCUT2D eigenvalue weighted by Gasteiger charge is 2.45. The fourth-order valence-corrected chi connectivity index (χ4v) is 3.51. The summed E-state index contributed by atoms with van der Waals surface area (Å²) in [4.78, 5) is 10.5. The van der Waals surface area contributed by atoms with Gasteiger partial charge in [-0.3, -0.25) is 4.79 Å². The fourth-order valence-electron chi connectivity index (χ4n) is 1.84. The third-order valence-corrected chi connectivity index (χ3v) is 4.36. The first-order valence-corrected chi connectivity index (χ1v) is 6.90. The molecule has 1 aliphatic rings. The topological polar surface area (TPSA) is 83.5 Å². The highest BCUT2D eigenvalue weighted by atomic mass is 35.5. The number of rotatable bonds is 5. The first kappa shape index (κ1) is 17.5. The summed E-state index contributed by atoms with van der Waals surface area (Å²) in [6.07, 6.45) is 0.138. The lowest BCUT2D eigenvalue weighted by Gasteiger charge is -2.19. The molecule has 1 aliphatic carbocycles. The van der Waals surface area contributed by atoms with E-state index in [1.165, 1.54) is 0 Å². The normalized spacial score (nSPS) is 24.3. The van der Waals surface area contributed by atoms with Gasteiger partial charge in [0.15, 0.2) is 0 Å². The average Bonchev–Trinajstić information content (AvgIpc) is 2.44. The molecule has 0 heterocycles. The van der Waals surface area contributed by atoms with Gasteiger partial charge in [-0.15, -0.1) is 12.4 Å². The Balaban J connectivity index is 0.00000289. The standard InChI is InChI=1S/C9H15F2NO4S.ClH/c1-6(8(13)14)12-17(15,16)5-7-3-2-4-9(7,10)11;/h6-7,12H,2-5H2,1H3,(H,13,14);1H/t6-,7?;/m1./s1. The monoisotopic (exact) mass is 307 g/mol. The minimum Gasteiger partial charge on any atom is -0.480 e. The summed E-state index contributed by atoms with van der Waals surface area (Å²) in [5.41, 5.74) is 0. The van der Waals surface area contributed by atoms with Crippen molar-refractivity contribution in [3.05, 3.63) is 0 Å². The zero-order chi connectivity index (χ0) is 13.3. The quantitative estimate of drug-likeness (QED) is 0.800. The molecule has 2 atom stereocenters. The number of sulfonamides is 1. The van der Waals surface area contributed by atoms with E-state index in [0.29, 0.717) is 6.42 Å². The molecule has 108 valence electrons. The van der Waals surface area contributed by atoms with Gasteiger partial charge in [-0.1, -0.05) is 0 Å². The first-order valence-electron chi connectivity index (χ1n) is 5.25. The highest BCUT2D eigenvalue weighted by molar-refractivity contribution is 7.89. The van der Waals surface area contributed by atoms with Crippen LogP contribution < -0.4 is 4.72 Å². The molecule has 0 aromatic rings. The van der Waals surface area contributed by atoms with Crippen molar-refractivity contribution in [3.8, 4) is 0 Å². The average molecular weight is 308 g/mol. The predicted molar refractivity (Wildman–Crippen MR) is 63.6 cm³/mol. The molecule has 2 N–H and O–H groups in total. The molecule has 0 saturated heterocycles. The fraction of sp³-hybridized carbons (Fsp3) is 0.889. The van der Waals surface area contributed by atoms with Gasteiger partial charge in [0.1, 0.15) is 6.04 Å². The van der Waals surface area contributed by atoms with Crippen LogP contribution in [-0.4, -0.2) is 37.2 Å². The van der Waals surface area contributed by atoms with E-state index in [9.17, 15) is 22.0 Å². The Morgan fingerprint density at radius 2 is 2.11 bits per heavy atom. The summed E-state index contributed by atoms with van der Waals surface area (Å²) in [7, 11) is -3.99. The largest absolute Gasteiger partial charge is 0.480 e. The predicted octanol–water partition coefficient (Wildman–Crippen LogP) is 1.24. The summed E-state index contributed by atoms with van der Waals surface area (Å²) in [5, 5.41) is 8.53. The summed E-state index contributed by atoms with van der Waals surface area (Å²) >= 11 is 0. The molecule has 0 aromatic carbocycles. The number of aliphatic carboxylic acids is 1. The molecule has 1 unspecified atom stereocenters. The molecule has 1 fully saturated rings. The highest BCUT2D eigenvalue weighted by Crippen LogP contribution is 2.40. The van der Waals surface area contributed by atoms with E-state index < -0.39 is 39.6 Å². The number of carbonyl (C=O) groups is 1. The van der Waals surface area contributed by atoms with Crippen LogP contribution in [0, 0.1) is 5.92 Å². The molecule has 18 heavy (non-hydrogen) atoms. The van der Waals surface area contributed by atoms with E-state index in [4.69, 9.17) is 5.11 Å². The molecule has 0 aromatic heterocycles. The number of alkyl halides is 2. The van der Waals surface area contributed by atoms with Crippen molar-refractivity contribution >= 4 is 28.4 Å². The van der Waals surface area contributed by atoms with E-state index >= 15 is 0 Å². The number of carboxylic acids is 1. The molecule has 0 amide bonds. The molecular formula is C9H16ClF2NO4S. The van der Waals surface area contributed by atoms with Crippen LogP contribution in [0.1, 0.15) is 26.2 Å². The first-order chi connectivity index (χ1) is 7.64. The van der Waals surface area contributed by atoms with E-state index in [1.54, 1.807) is 0 Å². The maximum atomic E-state index is 13.2. The third-order valence-electron chi connectivity index (χ3n) is 2.81. The molecule has 9 heteroatoms. The zero-order valence-corrected chi connectivity index (χ0v) is 11.4. The lowest BCUT2D eigenvalue weighted by molar-refractivity contribution is -0.138. The Labute approximate surface area is 110 Å². The van der Waals surface area contributed by atoms with Crippen LogP contribution >= 0.6 is 12.4 Å². The summed E-state index contributed by atoms with van der Waals surface area (Å²) < 4.78 is 51.3. The minimum absolute atomic E-state index is 0. The maximum absolute atomic E-state index is 13.2. The van der Waals surface area contributed by atoms with E-state index in [0.717, 1.165) is 6.92 Å². The van der Waals surface area contributed by atoms with Gasteiger partial charge in [-0.2, -0.15) is 0 Å². The number of halogens is 3. The van der Waals surface area contributed by atoms with Gasteiger partial charge in [-0.05, 0) is 19.8 Å². The van der Waals surface area contributed by atoms with Crippen molar-refractivity contribution in [2.75, 3.05) is 5.75 Å². The number of hydrogen-bond donors (Lipinski definition) is 2. The van der Waals surface area contributed by atoms with Crippen molar-refractivity contribution in [2.45, 2.75) is 38.2 Å². The molecule has 0 bridgehead atoms. The second-order valence-corrected chi connectivity index (χ2v) is 6.11. The number of nitrogens with one attached hydrogen (secondary N) is 1. The molecule has 1 rings (SSSR count). The van der Waals surface area contributed by atoms with Crippen LogP contribution in [0.15, 0.2) is 0 Å². The van der Waals surface area contributed by atoms with Crippen molar-refractivity contribution < 1.29 is 27.1 Å². The van der Waals surface area contributed by atoms with Crippen LogP contribution in [0.25, 0.3) is 0 Å². The van der Waals surface area contributed by atoms with Crippen LogP contribution in [0.2, 0.25) is 0 Å². The Kier molecular flexibility index (Phi) is 5.96. The van der Waals surface area contributed by atoms with Gasteiger partial charge in [0.2, 0.25) is 10.0 Å². The third kappa shape index (κ3) is 4.66. The van der Waals surface area contributed by atoms with Gasteiger partial charge in [0.25, 0.3) is 5.92 Å². The van der Waals surface area contributed by atoms with Gasteiger partial charge in [-0.25, -0.2) is 21.9 Å². The van der Waals surface area contributed by atoms with Crippen molar-refractivity contribution in [1.29, 1.82) is 0 Å². The lowest BCUT2D eigenvalue weighted by Crippen LogP contribution is -2.42. The van der Waals surface area contributed by atoms with Gasteiger partial charge in [0.05, 0.1) is 5.75 Å². The SMILES string of the molecule is C[C@@H](NS(=O)(=O)CC1CCCC1(F)F)C(=O)O.Cl. The molecule has 1 saturated carbocycles. The second kappa shape index (κ2) is 6.12.